The fourth-order valence-corrected chi connectivity index (χ4v) is 4.77. The number of aromatic nitrogens is 2. The molecule has 166 valence electrons. The number of carbonyl (C=O) groups is 1. The Morgan fingerprint density at radius 1 is 0.938 bits per heavy atom. The molecule has 3 aromatic rings. The van der Waals surface area contributed by atoms with E-state index in [0.29, 0.717) is 44.6 Å². The van der Waals surface area contributed by atoms with E-state index < -0.39 is 0 Å². The number of piperazine rings is 1. The monoisotopic (exact) mass is 431 g/mol. The van der Waals surface area contributed by atoms with Crippen LogP contribution in [0.2, 0.25) is 0 Å². The number of hydrogen-bond donors (Lipinski definition) is 1. The largest absolute Gasteiger partial charge is 0.348 e. The van der Waals surface area contributed by atoms with Crippen molar-refractivity contribution < 1.29 is 4.79 Å². The second-order valence-electron chi connectivity index (χ2n) is 8.71. The third-order valence-corrected chi connectivity index (χ3v) is 6.57. The summed E-state index contributed by atoms with van der Waals surface area (Å²) in [6, 6.07) is 18.1. The first-order chi connectivity index (χ1) is 15.7. The number of carbonyl (C=O) groups excluding carboxylic acids is 1. The van der Waals surface area contributed by atoms with Gasteiger partial charge in [0.05, 0.1) is 17.6 Å². The van der Waals surface area contributed by atoms with Crippen LogP contribution in [-0.2, 0) is 6.54 Å². The fraction of sp³-hybridized carbons (Fsp3) is 0.400. The van der Waals surface area contributed by atoms with Gasteiger partial charge in [0, 0.05) is 32.2 Å². The van der Waals surface area contributed by atoms with Gasteiger partial charge in [0.1, 0.15) is 0 Å². The minimum atomic E-state index is -0.0867. The predicted octanol–water partition coefficient (Wildman–Crippen LogP) is 3.22. The molecule has 2 aromatic carbocycles. The number of rotatable bonds is 4. The van der Waals surface area contributed by atoms with E-state index in [1.165, 1.54) is 12.8 Å². The topological polar surface area (TPSA) is 70.5 Å². The second kappa shape index (κ2) is 9.02. The SMILES string of the molecule is O=C(NC1CCCC1)N1CCN(c2nc3ccccc3n(Cc3ccccc3)c2=O)CC1. The second-order valence-corrected chi connectivity index (χ2v) is 8.71. The zero-order valence-electron chi connectivity index (χ0n) is 18.2. The molecule has 1 aliphatic carbocycles. The van der Waals surface area contributed by atoms with Crippen molar-refractivity contribution in [2.45, 2.75) is 38.3 Å². The van der Waals surface area contributed by atoms with Crippen LogP contribution in [0, 0.1) is 0 Å². The van der Waals surface area contributed by atoms with Crippen molar-refractivity contribution in [2.24, 2.45) is 0 Å². The molecule has 1 aromatic heterocycles. The molecule has 2 amide bonds. The maximum atomic E-state index is 13.5. The first-order valence-electron chi connectivity index (χ1n) is 11.5. The third kappa shape index (κ3) is 4.20. The molecule has 7 nitrogen and oxygen atoms in total. The summed E-state index contributed by atoms with van der Waals surface area (Å²) in [6.45, 7) is 2.88. The quantitative estimate of drug-likeness (QED) is 0.689. The average Bonchev–Trinajstić information content (AvgIpc) is 3.34. The summed E-state index contributed by atoms with van der Waals surface area (Å²) in [4.78, 5) is 34.7. The molecule has 0 unspecified atom stereocenters. The van der Waals surface area contributed by atoms with Crippen molar-refractivity contribution in [2.75, 3.05) is 31.1 Å². The van der Waals surface area contributed by atoms with Crippen LogP contribution in [0.5, 0.6) is 0 Å². The van der Waals surface area contributed by atoms with E-state index in [9.17, 15) is 9.59 Å². The lowest BCUT2D eigenvalue weighted by Crippen LogP contribution is -2.54. The minimum Gasteiger partial charge on any atom is -0.348 e. The van der Waals surface area contributed by atoms with Crippen molar-refractivity contribution in [3.05, 3.63) is 70.5 Å². The van der Waals surface area contributed by atoms with E-state index in [2.05, 4.69) is 5.32 Å². The van der Waals surface area contributed by atoms with Crippen LogP contribution >= 0.6 is 0 Å². The molecule has 1 saturated heterocycles. The summed E-state index contributed by atoms with van der Waals surface area (Å²) in [5, 5.41) is 3.16. The highest BCUT2D eigenvalue weighted by molar-refractivity contribution is 5.77. The fourth-order valence-electron chi connectivity index (χ4n) is 4.77. The summed E-state index contributed by atoms with van der Waals surface area (Å²) < 4.78 is 1.81. The van der Waals surface area contributed by atoms with Crippen molar-refractivity contribution in [3.8, 4) is 0 Å². The van der Waals surface area contributed by atoms with Crippen molar-refractivity contribution >= 4 is 22.9 Å². The summed E-state index contributed by atoms with van der Waals surface area (Å²) in [5.41, 5.74) is 2.63. The van der Waals surface area contributed by atoms with Gasteiger partial charge < -0.3 is 15.1 Å². The molecule has 1 saturated carbocycles. The normalized spacial score (nSPS) is 17.1. The molecule has 1 aliphatic heterocycles. The lowest BCUT2D eigenvalue weighted by Gasteiger charge is -2.35. The predicted molar refractivity (Wildman–Crippen MR) is 126 cm³/mol. The van der Waals surface area contributed by atoms with Crippen LogP contribution in [0.4, 0.5) is 10.6 Å². The zero-order valence-corrected chi connectivity index (χ0v) is 18.2. The van der Waals surface area contributed by atoms with Crippen molar-refractivity contribution in [1.82, 2.24) is 19.8 Å². The summed E-state index contributed by atoms with van der Waals surface area (Å²) >= 11 is 0. The number of benzene rings is 2. The molecule has 2 heterocycles. The highest BCUT2D eigenvalue weighted by Gasteiger charge is 2.26. The number of fused-ring (bicyclic) bond motifs is 1. The Labute approximate surface area is 187 Å². The first kappa shape index (κ1) is 20.5. The maximum Gasteiger partial charge on any atom is 0.317 e. The first-order valence-corrected chi connectivity index (χ1v) is 11.5. The summed E-state index contributed by atoms with van der Waals surface area (Å²) in [5.74, 6) is 0.468. The van der Waals surface area contributed by atoms with Gasteiger partial charge in [-0.1, -0.05) is 55.3 Å². The number of nitrogens with one attached hydrogen (secondary N) is 1. The summed E-state index contributed by atoms with van der Waals surface area (Å²) in [6.07, 6.45) is 4.55. The van der Waals surface area contributed by atoms with E-state index in [1.54, 1.807) is 0 Å². The zero-order chi connectivity index (χ0) is 21.9. The van der Waals surface area contributed by atoms with Gasteiger partial charge in [0.15, 0.2) is 5.82 Å². The van der Waals surface area contributed by atoms with Crippen molar-refractivity contribution in [1.29, 1.82) is 0 Å². The Bertz CT molecular complexity index is 1150. The molecule has 0 radical (unpaired) electrons. The van der Waals surface area contributed by atoms with Gasteiger partial charge in [0.25, 0.3) is 5.56 Å². The molecule has 1 N–H and O–H groups in total. The number of anilines is 1. The molecular formula is C25H29N5O2. The standard InChI is InChI=1S/C25H29N5O2/c31-24-23(28-14-16-29(17-15-28)25(32)26-20-10-4-5-11-20)27-21-12-6-7-13-22(21)30(24)18-19-8-2-1-3-9-19/h1-3,6-9,12-13,20H,4-5,10-11,14-18H2,(H,26,32). The number of urea groups is 1. The highest BCUT2D eigenvalue weighted by Crippen LogP contribution is 2.19. The van der Waals surface area contributed by atoms with Crippen LogP contribution in [0.1, 0.15) is 31.2 Å². The van der Waals surface area contributed by atoms with E-state index in [1.807, 2.05) is 69.0 Å². The number of nitrogens with zero attached hydrogens (tertiary/aromatic N) is 4. The third-order valence-electron chi connectivity index (χ3n) is 6.57. The van der Waals surface area contributed by atoms with Gasteiger partial charge in [-0.25, -0.2) is 9.78 Å². The Hall–Kier alpha value is -3.35. The molecular weight excluding hydrogens is 402 g/mol. The molecule has 0 bridgehead atoms. The summed E-state index contributed by atoms with van der Waals surface area (Å²) in [7, 11) is 0. The lowest BCUT2D eigenvalue weighted by atomic mass is 10.2. The van der Waals surface area contributed by atoms with Crippen LogP contribution in [0.15, 0.2) is 59.4 Å². The van der Waals surface area contributed by atoms with Crippen LogP contribution in [0.25, 0.3) is 11.0 Å². The highest BCUT2D eigenvalue weighted by atomic mass is 16.2. The molecule has 2 fully saturated rings. The van der Waals surface area contributed by atoms with Gasteiger partial charge in [-0.3, -0.25) is 9.36 Å². The molecule has 5 rings (SSSR count). The van der Waals surface area contributed by atoms with Gasteiger partial charge in [-0.05, 0) is 30.5 Å². The van der Waals surface area contributed by atoms with E-state index in [4.69, 9.17) is 4.98 Å². The Morgan fingerprint density at radius 3 is 2.38 bits per heavy atom. The Kier molecular flexibility index (Phi) is 5.79. The van der Waals surface area contributed by atoms with Crippen LogP contribution in [-0.4, -0.2) is 52.7 Å². The van der Waals surface area contributed by atoms with E-state index in [-0.39, 0.29) is 11.6 Å². The number of hydrogen-bond acceptors (Lipinski definition) is 4. The van der Waals surface area contributed by atoms with Gasteiger partial charge in [-0.15, -0.1) is 0 Å². The van der Waals surface area contributed by atoms with Crippen LogP contribution < -0.4 is 15.8 Å². The van der Waals surface area contributed by atoms with E-state index in [0.717, 1.165) is 29.4 Å². The Morgan fingerprint density at radius 2 is 1.62 bits per heavy atom. The minimum absolute atomic E-state index is 0.0181. The molecule has 32 heavy (non-hydrogen) atoms. The molecule has 0 atom stereocenters. The Balaban J connectivity index is 1.37. The number of amides is 2. The van der Waals surface area contributed by atoms with Gasteiger partial charge in [0.2, 0.25) is 0 Å². The molecule has 2 aliphatic rings. The van der Waals surface area contributed by atoms with Crippen molar-refractivity contribution in [3.63, 3.8) is 0 Å². The molecule has 0 spiro atoms. The van der Waals surface area contributed by atoms with Gasteiger partial charge in [-0.2, -0.15) is 0 Å². The molecule has 7 heteroatoms. The maximum absolute atomic E-state index is 13.5. The van der Waals surface area contributed by atoms with E-state index >= 15 is 0 Å². The average molecular weight is 432 g/mol. The van der Waals surface area contributed by atoms with Gasteiger partial charge >= 0.3 is 6.03 Å². The smallest absolute Gasteiger partial charge is 0.317 e. The van der Waals surface area contributed by atoms with Crippen LogP contribution in [0.3, 0.4) is 0 Å². The lowest BCUT2D eigenvalue weighted by molar-refractivity contribution is 0.190. The number of para-hydroxylation sites is 2.